The average Bonchev–Trinajstić information content (AvgIpc) is 3.34. The molecule has 1 atom stereocenters. The van der Waals surface area contributed by atoms with E-state index in [1.54, 1.807) is 4.90 Å². The summed E-state index contributed by atoms with van der Waals surface area (Å²) < 4.78 is 5.39. The number of rotatable bonds is 6. The van der Waals surface area contributed by atoms with Gasteiger partial charge in [0.1, 0.15) is 11.1 Å². The van der Waals surface area contributed by atoms with Crippen LogP contribution in [0.15, 0.2) is 29.9 Å². The molecule has 0 spiro atoms. The molecule has 158 valence electrons. The highest BCUT2D eigenvalue weighted by Gasteiger charge is 2.33. The summed E-state index contributed by atoms with van der Waals surface area (Å²) in [5, 5.41) is 5.85. The second-order valence-corrected chi connectivity index (χ2v) is 8.61. The number of halogens is 1. The van der Waals surface area contributed by atoms with Crippen LogP contribution in [0.3, 0.4) is 0 Å². The number of piperidine rings is 1. The number of likely N-dealkylation sites (tertiary alicyclic amines) is 1. The lowest BCUT2D eigenvalue weighted by Gasteiger charge is -2.26. The van der Waals surface area contributed by atoms with Crippen LogP contribution in [0.4, 0.5) is 9.80 Å². The van der Waals surface area contributed by atoms with Gasteiger partial charge in [0.25, 0.3) is 5.91 Å². The highest BCUT2D eigenvalue weighted by Crippen LogP contribution is 2.30. The molecule has 0 radical (unpaired) electrons. The average molecular weight is 449 g/mol. The Hall–Kier alpha value is -2.65. The molecule has 30 heavy (non-hydrogen) atoms. The Morgan fingerprint density at radius 1 is 1.30 bits per heavy atom. The van der Waals surface area contributed by atoms with Crippen molar-refractivity contribution in [3.63, 3.8) is 0 Å². The van der Waals surface area contributed by atoms with Crippen LogP contribution in [-0.4, -0.2) is 53.5 Å². The van der Waals surface area contributed by atoms with Crippen LogP contribution in [0, 0.1) is 0 Å². The smallest absolute Gasteiger partial charge is 0.415 e. The van der Waals surface area contributed by atoms with Gasteiger partial charge in [-0.2, -0.15) is 0 Å². The fraction of sp³-hybridized carbons (Fsp3) is 0.400. The highest BCUT2D eigenvalue weighted by molar-refractivity contribution is 7.14. The fourth-order valence-electron chi connectivity index (χ4n) is 3.49. The number of hydrogen-bond acceptors (Lipinski definition) is 6. The molecule has 0 saturated carbocycles. The molecule has 8 nitrogen and oxygen atoms in total. The first kappa shape index (κ1) is 20.6. The van der Waals surface area contributed by atoms with Gasteiger partial charge in [0.2, 0.25) is 5.91 Å². The first-order valence-electron chi connectivity index (χ1n) is 9.71. The monoisotopic (exact) mass is 448 g/mol. The maximum absolute atomic E-state index is 12.3. The lowest BCUT2D eigenvalue weighted by atomic mass is 10.1. The minimum Gasteiger partial charge on any atom is -0.442 e. The predicted molar refractivity (Wildman–Crippen MR) is 113 cm³/mol. The van der Waals surface area contributed by atoms with E-state index in [9.17, 15) is 14.4 Å². The summed E-state index contributed by atoms with van der Waals surface area (Å²) in [7, 11) is 0. The molecule has 2 saturated heterocycles. The highest BCUT2D eigenvalue weighted by atomic mass is 35.5. The number of aromatic nitrogens is 1. The lowest BCUT2D eigenvalue weighted by molar-refractivity contribution is -0.133. The second kappa shape index (κ2) is 9.01. The van der Waals surface area contributed by atoms with E-state index < -0.39 is 12.2 Å². The Labute approximate surface area is 182 Å². The first-order chi connectivity index (χ1) is 14.5. The van der Waals surface area contributed by atoms with Gasteiger partial charge in [-0.15, -0.1) is 11.3 Å². The molecule has 4 heterocycles. The Balaban J connectivity index is 1.32. The van der Waals surface area contributed by atoms with E-state index >= 15 is 0 Å². The zero-order chi connectivity index (χ0) is 21.1. The number of amides is 3. The van der Waals surface area contributed by atoms with Crippen molar-refractivity contribution in [2.24, 2.45) is 0 Å². The lowest BCUT2D eigenvalue weighted by Crippen LogP contribution is -2.34. The molecule has 2 aromatic rings. The van der Waals surface area contributed by atoms with Crippen LogP contribution in [0.2, 0.25) is 5.02 Å². The van der Waals surface area contributed by atoms with Gasteiger partial charge >= 0.3 is 6.09 Å². The standard InChI is InChI=1S/C20H21ClN4O4S/c21-15-6-14(7-22-8-15)19(27)23-9-16-11-25(20(28)29-16)18-5-13(12-30-18)10-24-4-2-1-3-17(24)26/h5-8,12,16H,1-4,9-11H2,(H,23,27)/t16-/m0/s1. The summed E-state index contributed by atoms with van der Waals surface area (Å²) in [6.45, 7) is 1.87. The molecular weight excluding hydrogens is 428 g/mol. The minimum atomic E-state index is -0.456. The molecule has 0 aromatic carbocycles. The number of nitrogens with zero attached hydrogens (tertiary/aromatic N) is 3. The molecule has 2 aliphatic heterocycles. The van der Waals surface area contributed by atoms with Crippen molar-refractivity contribution in [3.8, 4) is 0 Å². The van der Waals surface area contributed by atoms with E-state index in [4.69, 9.17) is 16.3 Å². The number of ether oxygens (including phenoxy) is 1. The molecule has 4 rings (SSSR count). The van der Waals surface area contributed by atoms with Gasteiger partial charge < -0.3 is 15.0 Å². The topological polar surface area (TPSA) is 91.8 Å². The van der Waals surface area contributed by atoms with Gasteiger partial charge in [-0.05, 0) is 35.9 Å². The van der Waals surface area contributed by atoms with Gasteiger partial charge in [-0.1, -0.05) is 11.6 Å². The Kier molecular flexibility index (Phi) is 6.19. The summed E-state index contributed by atoms with van der Waals surface area (Å²) >= 11 is 7.30. The van der Waals surface area contributed by atoms with Crippen LogP contribution in [0.25, 0.3) is 0 Å². The number of nitrogens with one attached hydrogen (secondary N) is 1. The molecule has 1 N–H and O–H groups in total. The van der Waals surface area contributed by atoms with E-state index in [1.807, 2.05) is 16.3 Å². The van der Waals surface area contributed by atoms with Crippen LogP contribution >= 0.6 is 22.9 Å². The van der Waals surface area contributed by atoms with Gasteiger partial charge in [0.05, 0.1) is 23.7 Å². The second-order valence-electron chi connectivity index (χ2n) is 7.28. The summed E-state index contributed by atoms with van der Waals surface area (Å²) in [4.78, 5) is 43.8. The van der Waals surface area contributed by atoms with Crippen molar-refractivity contribution in [3.05, 3.63) is 46.1 Å². The van der Waals surface area contributed by atoms with E-state index in [0.29, 0.717) is 30.1 Å². The minimum absolute atomic E-state index is 0.181. The number of cyclic esters (lactones) is 1. The molecule has 0 bridgehead atoms. The third-order valence-electron chi connectivity index (χ3n) is 5.03. The quantitative estimate of drug-likeness (QED) is 0.733. The number of carbonyl (C=O) groups is 3. The van der Waals surface area contributed by atoms with Crippen molar-refractivity contribution < 1.29 is 19.1 Å². The van der Waals surface area contributed by atoms with E-state index in [1.165, 1.54) is 29.8 Å². The molecule has 3 amide bonds. The number of carbonyl (C=O) groups excluding carboxylic acids is 3. The summed E-state index contributed by atoms with van der Waals surface area (Å²) in [5.74, 6) is -0.149. The zero-order valence-corrected chi connectivity index (χ0v) is 17.7. The van der Waals surface area contributed by atoms with Crippen LogP contribution < -0.4 is 10.2 Å². The van der Waals surface area contributed by atoms with Crippen molar-refractivity contribution in [2.45, 2.75) is 31.9 Å². The molecule has 2 aromatic heterocycles. The van der Waals surface area contributed by atoms with E-state index in [-0.39, 0.29) is 18.4 Å². The van der Waals surface area contributed by atoms with Crippen molar-refractivity contribution >= 4 is 45.8 Å². The Morgan fingerprint density at radius 2 is 2.17 bits per heavy atom. The maximum atomic E-state index is 12.3. The maximum Gasteiger partial charge on any atom is 0.415 e. The van der Waals surface area contributed by atoms with Crippen LogP contribution in [0.5, 0.6) is 0 Å². The zero-order valence-electron chi connectivity index (χ0n) is 16.2. The van der Waals surface area contributed by atoms with Crippen LogP contribution in [0.1, 0.15) is 35.2 Å². The van der Waals surface area contributed by atoms with Gasteiger partial charge in [-0.3, -0.25) is 19.5 Å². The number of anilines is 1. The normalized spacial score (nSPS) is 19.2. The summed E-state index contributed by atoms with van der Waals surface area (Å²) in [5.41, 5.74) is 1.35. The largest absolute Gasteiger partial charge is 0.442 e. The molecule has 2 fully saturated rings. The summed E-state index contributed by atoms with van der Waals surface area (Å²) in [6.07, 6.45) is 4.56. The van der Waals surface area contributed by atoms with Gasteiger partial charge in [0, 0.05) is 31.9 Å². The van der Waals surface area contributed by atoms with Gasteiger partial charge in [-0.25, -0.2) is 4.79 Å². The third kappa shape index (κ3) is 4.73. The van der Waals surface area contributed by atoms with E-state index in [0.717, 1.165) is 30.0 Å². The van der Waals surface area contributed by atoms with Crippen molar-refractivity contribution in [2.75, 3.05) is 24.5 Å². The van der Waals surface area contributed by atoms with Crippen molar-refractivity contribution in [1.82, 2.24) is 15.2 Å². The third-order valence-corrected chi connectivity index (χ3v) is 6.24. The van der Waals surface area contributed by atoms with E-state index in [2.05, 4.69) is 10.3 Å². The number of pyridine rings is 1. The molecule has 2 aliphatic rings. The van der Waals surface area contributed by atoms with Crippen LogP contribution in [-0.2, 0) is 16.1 Å². The first-order valence-corrected chi connectivity index (χ1v) is 11.0. The number of thiophene rings is 1. The SMILES string of the molecule is O=C(NC[C@H]1CN(c2cc(CN3CCCCC3=O)cs2)C(=O)O1)c1cncc(Cl)c1. The van der Waals surface area contributed by atoms with Gasteiger partial charge in [0.15, 0.2) is 0 Å². The Bertz CT molecular complexity index is 966. The molecular formula is C20H21ClN4O4S. The molecule has 10 heteroatoms. The molecule has 0 unspecified atom stereocenters. The fourth-order valence-corrected chi connectivity index (χ4v) is 4.57. The summed E-state index contributed by atoms with van der Waals surface area (Å²) in [6, 6.07) is 3.45. The Morgan fingerprint density at radius 3 is 2.97 bits per heavy atom. The predicted octanol–water partition coefficient (Wildman–Crippen LogP) is 3.06. The number of hydrogen-bond donors (Lipinski definition) is 1. The molecule has 0 aliphatic carbocycles. The van der Waals surface area contributed by atoms with Crippen molar-refractivity contribution in [1.29, 1.82) is 0 Å².